The Morgan fingerprint density at radius 1 is 1.39 bits per heavy atom. The molecule has 0 heterocycles. The third-order valence-electron chi connectivity index (χ3n) is 2.94. The van der Waals surface area contributed by atoms with Gasteiger partial charge in [0.25, 0.3) is 0 Å². The van der Waals surface area contributed by atoms with Crippen LogP contribution < -0.4 is 4.74 Å². The van der Waals surface area contributed by atoms with Crippen molar-refractivity contribution in [3.05, 3.63) is 53.0 Å². The molecule has 1 N–H and O–H groups in total. The molecule has 0 spiro atoms. The Bertz CT molecular complexity index is 578. The summed E-state index contributed by atoms with van der Waals surface area (Å²) in [6.45, 7) is 3.65. The van der Waals surface area contributed by atoms with Crippen LogP contribution in [-0.2, 0) is 0 Å². The molecule has 3 heteroatoms. The molecule has 1 atom stereocenters. The highest BCUT2D eigenvalue weighted by Crippen LogP contribution is 2.34. The number of ether oxygens (including phenoxy) is 1. The monoisotopic (exact) mass is 306 g/mol. The Hall–Kier alpha value is -1.32. The lowest BCUT2D eigenvalue weighted by Crippen LogP contribution is -1.97. The van der Waals surface area contributed by atoms with Crippen LogP contribution in [0.2, 0.25) is 0 Å². The number of benzene rings is 2. The van der Waals surface area contributed by atoms with Crippen LogP contribution in [0, 0.1) is 0 Å². The second-order valence-electron chi connectivity index (χ2n) is 4.10. The molecule has 0 radical (unpaired) electrons. The summed E-state index contributed by atoms with van der Waals surface area (Å²) in [7, 11) is 1.65. The second kappa shape index (κ2) is 5.55. The van der Waals surface area contributed by atoms with Gasteiger partial charge in [-0.2, -0.15) is 0 Å². The Labute approximate surface area is 115 Å². The molecule has 0 aliphatic heterocycles. The summed E-state index contributed by atoms with van der Waals surface area (Å²) in [5, 5.41) is 12.2. The first-order valence-corrected chi connectivity index (χ1v) is 6.51. The van der Waals surface area contributed by atoms with E-state index in [4.69, 9.17) is 4.74 Å². The fourth-order valence-electron chi connectivity index (χ4n) is 1.96. The quantitative estimate of drug-likeness (QED) is 0.857. The summed E-state index contributed by atoms with van der Waals surface area (Å²) in [4.78, 5) is 0. The van der Waals surface area contributed by atoms with Crippen LogP contribution in [0.1, 0.15) is 18.1 Å². The molecular weight excluding hydrogens is 292 g/mol. The van der Waals surface area contributed by atoms with Gasteiger partial charge in [-0.3, -0.25) is 0 Å². The summed E-state index contributed by atoms with van der Waals surface area (Å²) >= 11 is 3.56. The molecule has 18 heavy (non-hydrogen) atoms. The molecule has 2 rings (SSSR count). The van der Waals surface area contributed by atoms with Crippen molar-refractivity contribution in [2.24, 2.45) is 0 Å². The highest BCUT2D eigenvalue weighted by Gasteiger charge is 2.12. The fraction of sp³-hybridized carbons (Fsp3) is 0.200. The summed E-state index contributed by atoms with van der Waals surface area (Å²) in [5.74, 6) is 0.828. The first kappa shape index (κ1) is 13.1. The van der Waals surface area contributed by atoms with E-state index in [1.807, 2.05) is 30.3 Å². The molecule has 0 aliphatic rings. The van der Waals surface area contributed by atoms with Gasteiger partial charge < -0.3 is 9.84 Å². The van der Waals surface area contributed by atoms with Crippen molar-refractivity contribution in [3.8, 4) is 5.75 Å². The number of fused-ring (bicyclic) bond motifs is 1. The molecule has 0 aromatic heterocycles. The summed E-state index contributed by atoms with van der Waals surface area (Å²) in [5.41, 5.74) is 0.882. The van der Waals surface area contributed by atoms with E-state index >= 15 is 0 Å². The van der Waals surface area contributed by atoms with Gasteiger partial charge in [0, 0.05) is 4.47 Å². The molecule has 2 nitrogen and oxygen atoms in total. The maximum Gasteiger partial charge on any atom is 0.119 e. The van der Waals surface area contributed by atoms with Crippen LogP contribution in [-0.4, -0.2) is 12.2 Å². The standard InChI is InChI=1S/C15H15BrO2/c1-3-4-14(17)13-7-5-10-9-11(18-2)6-8-12(10)15(13)16/h3,5-9,14,17H,1,4H2,2H3. The van der Waals surface area contributed by atoms with Gasteiger partial charge in [-0.1, -0.05) is 18.2 Å². The second-order valence-corrected chi connectivity index (χ2v) is 4.89. The number of aliphatic hydroxyl groups excluding tert-OH is 1. The maximum absolute atomic E-state index is 10.0. The molecule has 1 unspecified atom stereocenters. The molecule has 0 amide bonds. The lowest BCUT2D eigenvalue weighted by Gasteiger charge is -2.13. The number of methoxy groups -OCH3 is 1. The largest absolute Gasteiger partial charge is 0.497 e. The van der Waals surface area contributed by atoms with Gasteiger partial charge in [0.2, 0.25) is 0 Å². The van der Waals surface area contributed by atoms with Crippen molar-refractivity contribution in [1.29, 1.82) is 0 Å². The number of hydrogen-bond acceptors (Lipinski definition) is 2. The average molecular weight is 307 g/mol. The topological polar surface area (TPSA) is 29.5 Å². The van der Waals surface area contributed by atoms with Crippen molar-refractivity contribution >= 4 is 26.7 Å². The van der Waals surface area contributed by atoms with Gasteiger partial charge in [0.1, 0.15) is 5.75 Å². The van der Waals surface area contributed by atoms with E-state index < -0.39 is 6.10 Å². The highest BCUT2D eigenvalue weighted by atomic mass is 79.9. The van der Waals surface area contributed by atoms with E-state index in [2.05, 4.69) is 22.5 Å². The minimum Gasteiger partial charge on any atom is -0.497 e. The van der Waals surface area contributed by atoms with Crippen LogP contribution in [0.25, 0.3) is 10.8 Å². The maximum atomic E-state index is 10.0. The lowest BCUT2D eigenvalue weighted by molar-refractivity contribution is 0.181. The van der Waals surface area contributed by atoms with E-state index in [0.717, 1.165) is 26.6 Å². The third kappa shape index (κ3) is 2.42. The van der Waals surface area contributed by atoms with Crippen LogP contribution in [0.15, 0.2) is 47.5 Å². The Morgan fingerprint density at radius 3 is 2.83 bits per heavy atom. The van der Waals surface area contributed by atoms with Gasteiger partial charge in [-0.15, -0.1) is 6.58 Å². The van der Waals surface area contributed by atoms with Gasteiger partial charge in [0.05, 0.1) is 13.2 Å². The zero-order chi connectivity index (χ0) is 13.1. The van der Waals surface area contributed by atoms with E-state index in [1.54, 1.807) is 13.2 Å². The zero-order valence-corrected chi connectivity index (χ0v) is 11.8. The molecule has 94 valence electrons. The van der Waals surface area contributed by atoms with Crippen LogP contribution in [0.5, 0.6) is 5.75 Å². The van der Waals surface area contributed by atoms with E-state index in [-0.39, 0.29) is 0 Å². The average Bonchev–Trinajstić information content (AvgIpc) is 2.38. The SMILES string of the molecule is C=CCC(O)c1ccc2cc(OC)ccc2c1Br. The predicted octanol–water partition coefficient (Wildman–Crippen LogP) is 4.22. The number of rotatable bonds is 4. The molecule has 2 aromatic carbocycles. The molecule has 0 fully saturated rings. The minimum absolute atomic E-state index is 0.525. The van der Waals surface area contributed by atoms with Crippen molar-refractivity contribution < 1.29 is 9.84 Å². The molecule has 0 saturated heterocycles. The number of aliphatic hydroxyl groups is 1. The Kier molecular flexibility index (Phi) is 4.04. The Morgan fingerprint density at radius 2 is 2.17 bits per heavy atom. The summed E-state index contributed by atoms with van der Waals surface area (Å²) in [6.07, 6.45) is 1.73. The van der Waals surface area contributed by atoms with Crippen LogP contribution in [0.3, 0.4) is 0 Å². The minimum atomic E-state index is -0.525. The summed E-state index contributed by atoms with van der Waals surface area (Å²) < 4.78 is 6.13. The third-order valence-corrected chi connectivity index (χ3v) is 3.83. The number of halogens is 1. The van der Waals surface area contributed by atoms with E-state index in [0.29, 0.717) is 6.42 Å². The molecule has 0 saturated carbocycles. The summed E-state index contributed by atoms with van der Waals surface area (Å²) in [6, 6.07) is 9.80. The van der Waals surface area contributed by atoms with Gasteiger partial charge in [0.15, 0.2) is 0 Å². The van der Waals surface area contributed by atoms with Crippen LogP contribution in [0.4, 0.5) is 0 Å². The first-order chi connectivity index (χ1) is 8.67. The highest BCUT2D eigenvalue weighted by molar-refractivity contribution is 9.10. The van der Waals surface area contributed by atoms with Gasteiger partial charge in [-0.05, 0) is 56.9 Å². The van der Waals surface area contributed by atoms with E-state index in [1.165, 1.54) is 0 Å². The normalized spacial score (nSPS) is 12.4. The zero-order valence-electron chi connectivity index (χ0n) is 10.2. The predicted molar refractivity (Wildman–Crippen MR) is 78.0 cm³/mol. The van der Waals surface area contributed by atoms with Crippen molar-refractivity contribution in [1.82, 2.24) is 0 Å². The first-order valence-electron chi connectivity index (χ1n) is 5.72. The fourth-order valence-corrected chi connectivity index (χ4v) is 2.71. The molecular formula is C15H15BrO2. The van der Waals surface area contributed by atoms with Gasteiger partial charge >= 0.3 is 0 Å². The van der Waals surface area contributed by atoms with Crippen LogP contribution >= 0.6 is 15.9 Å². The Balaban J connectivity index is 2.54. The number of hydrogen-bond donors (Lipinski definition) is 1. The van der Waals surface area contributed by atoms with Gasteiger partial charge in [-0.25, -0.2) is 0 Å². The van der Waals surface area contributed by atoms with Crippen molar-refractivity contribution in [2.45, 2.75) is 12.5 Å². The van der Waals surface area contributed by atoms with Crippen molar-refractivity contribution in [2.75, 3.05) is 7.11 Å². The van der Waals surface area contributed by atoms with E-state index in [9.17, 15) is 5.11 Å². The lowest BCUT2D eigenvalue weighted by atomic mass is 10.0. The van der Waals surface area contributed by atoms with Crippen molar-refractivity contribution in [3.63, 3.8) is 0 Å². The molecule has 2 aromatic rings. The molecule has 0 bridgehead atoms. The molecule has 0 aliphatic carbocycles. The smallest absolute Gasteiger partial charge is 0.119 e.